The lowest BCUT2D eigenvalue weighted by Gasteiger charge is -2.14. The van der Waals surface area contributed by atoms with E-state index >= 15 is 0 Å². The number of allylic oxidation sites excluding steroid dienone is 1. The molecule has 0 heterocycles. The van der Waals surface area contributed by atoms with Gasteiger partial charge < -0.3 is 41.9 Å². The number of nitrogens with two attached hydrogens (primary N) is 4. The van der Waals surface area contributed by atoms with E-state index in [1.807, 2.05) is 6.07 Å². The van der Waals surface area contributed by atoms with Crippen LogP contribution in [0, 0.1) is 11.3 Å². The van der Waals surface area contributed by atoms with Crippen molar-refractivity contribution in [2.75, 3.05) is 34.2 Å². The van der Waals surface area contributed by atoms with Crippen molar-refractivity contribution in [3.63, 3.8) is 0 Å². The van der Waals surface area contributed by atoms with Gasteiger partial charge in [-0.05, 0) is 41.5 Å². The SMILES string of the molecule is COc1ccc(/C=C(/C#N)c2cc(OC)c(OC)c(OC)c2)cc1N.NC(=O)C[C@H](N)C(N)=O. The van der Waals surface area contributed by atoms with E-state index in [1.54, 1.807) is 37.5 Å². The van der Waals surface area contributed by atoms with Crippen LogP contribution in [0.2, 0.25) is 0 Å². The summed E-state index contributed by atoms with van der Waals surface area (Å²) in [6.07, 6.45) is 1.55. The second kappa shape index (κ2) is 13.2. The Balaban J connectivity index is 0.000000546. The highest BCUT2D eigenvalue weighted by Gasteiger charge is 2.15. The molecule has 0 unspecified atom stereocenters. The molecule has 0 spiro atoms. The Kier molecular flexibility index (Phi) is 10.7. The van der Waals surface area contributed by atoms with Crippen molar-refractivity contribution in [3.8, 4) is 29.1 Å². The molecule has 8 N–H and O–H groups in total. The quantitative estimate of drug-likeness (QED) is 0.234. The smallest absolute Gasteiger partial charge is 0.234 e. The molecule has 0 aliphatic carbocycles. The van der Waals surface area contributed by atoms with Gasteiger partial charge in [0.2, 0.25) is 17.6 Å². The molecule has 0 bridgehead atoms. The van der Waals surface area contributed by atoms with Crippen LogP contribution in [0.5, 0.6) is 23.0 Å². The van der Waals surface area contributed by atoms with Gasteiger partial charge in [-0.25, -0.2) is 0 Å². The van der Waals surface area contributed by atoms with Gasteiger partial charge in [0.15, 0.2) is 11.5 Å². The number of ether oxygens (including phenoxy) is 4. The first kappa shape index (κ1) is 27.6. The molecule has 2 amide bonds. The fourth-order valence-corrected chi connectivity index (χ4v) is 2.74. The maximum absolute atomic E-state index is 10.1. The zero-order valence-electron chi connectivity index (χ0n) is 19.5. The zero-order chi connectivity index (χ0) is 25.8. The van der Waals surface area contributed by atoms with Crippen molar-refractivity contribution < 1.29 is 28.5 Å². The molecule has 11 heteroatoms. The first-order chi connectivity index (χ1) is 16.1. The number of primary amides is 2. The summed E-state index contributed by atoms with van der Waals surface area (Å²) in [5.74, 6) is 0.678. The summed E-state index contributed by atoms with van der Waals surface area (Å²) < 4.78 is 21.1. The zero-order valence-corrected chi connectivity index (χ0v) is 19.5. The lowest BCUT2D eigenvalue weighted by molar-refractivity contribution is -0.124. The van der Waals surface area contributed by atoms with Crippen LogP contribution in [0.15, 0.2) is 30.3 Å². The number of carbonyl (C=O) groups is 2. The number of methoxy groups -OCH3 is 4. The van der Waals surface area contributed by atoms with Crippen LogP contribution < -0.4 is 41.9 Å². The number of anilines is 1. The van der Waals surface area contributed by atoms with Crippen molar-refractivity contribution in [2.24, 2.45) is 17.2 Å². The van der Waals surface area contributed by atoms with Crippen LogP contribution in [0.4, 0.5) is 5.69 Å². The normalized spacial score (nSPS) is 11.2. The summed E-state index contributed by atoms with van der Waals surface area (Å²) in [7, 11) is 6.14. The number of amides is 2. The Morgan fingerprint density at radius 2 is 1.53 bits per heavy atom. The number of hydrogen-bond acceptors (Lipinski definition) is 9. The van der Waals surface area contributed by atoms with Crippen LogP contribution in [-0.4, -0.2) is 46.3 Å². The molecule has 1 atom stereocenters. The van der Waals surface area contributed by atoms with Crippen molar-refractivity contribution in [2.45, 2.75) is 12.5 Å². The van der Waals surface area contributed by atoms with Crippen LogP contribution >= 0.6 is 0 Å². The van der Waals surface area contributed by atoms with E-state index in [0.29, 0.717) is 39.8 Å². The molecule has 2 aromatic carbocycles. The Labute approximate surface area is 197 Å². The molecule has 0 aliphatic rings. The first-order valence-electron chi connectivity index (χ1n) is 9.80. The van der Waals surface area contributed by atoms with E-state index in [1.165, 1.54) is 21.3 Å². The topological polar surface area (TPSA) is 199 Å². The lowest BCUT2D eigenvalue weighted by atomic mass is 10.0. The maximum Gasteiger partial charge on any atom is 0.234 e. The number of hydrogen-bond donors (Lipinski definition) is 4. The van der Waals surface area contributed by atoms with Crippen LogP contribution in [0.3, 0.4) is 0 Å². The summed E-state index contributed by atoms with van der Waals surface area (Å²) in [5, 5.41) is 9.58. The molecular formula is C23H29N5O6. The number of nitrogen functional groups attached to an aromatic ring is 1. The summed E-state index contributed by atoms with van der Waals surface area (Å²) in [6.45, 7) is 0. The molecule has 0 aromatic heterocycles. The van der Waals surface area contributed by atoms with E-state index in [4.69, 9.17) is 41.9 Å². The van der Waals surface area contributed by atoms with Gasteiger partial charge in [-0.3, -0.25) is 9.59 Å². The molecule has 0 radical (unpaired) electrons. The predicted molar refractivity (Wildman–Crippen MR) is 128 cm³/mol. The van der Waals surface area contributed by atoms with Crippen molar-refractivity contribution in [1.82, 2.24) is 0 Å². The number of nitriles is 1. The standard InChI is InChI=1S/C19H20N2O4.C4H9N3O2/c1-22-16-6-5-12(8-15(16)21)7-14(11-20)13-9-17(23-2)19(25-4)18(10-13)24-3;5-2(4(7)9)1-3(6)8/h5-10H,21H2,1-4H3;2H,1,5H2,(H2,6,8)(H2,7,9)/b14-7-;/t;2-/m.0/s1. The van der Waals surface area contributed by atoms with Crippen molar-refractivity contribution in [3.05, 3.63) is 41.5 Å². The third kappa shape index (κ3) is 7.61. The van der Waals surface area contributed by atoms with E-state index in [0.717, 1.165) is 5.56 Å². The van der Waals surface area contributed by atoms with E-state index in [2.05, 4.69) is 6.07 Å². The largest absolute Gasteiger partial charge is 0.495 e. The Morgan fingerprint density at radius 3 is 1.88 bits per heavy atom. The second-order valence-electron chi connectivity index (χ2n) is 6.76. The lowest BCUT2D eigenvalue weighted by Crippen LogP contribution is -2.39. The number of carbonyl (C=O) groups excluding carboxylic acids is 2. The molecule has 2 aromatic rings. The number of benzene rings is 2. The van der Waals surface area contributed by atoms with Crippen molar-refractivity contribution >= 4 is 29.2 Å². The highest BCUT2D eigenvalue weighted by Crippen LogP contribution is 2.40. The Bertz CT molecular complexity index is 1070. The van der Waals surface area contributed by atoms with Crippen LogP contribution in [0.25, 0.3) is 11.6 Å². The first-order valence-corrected chi connectivity index (χ1v) is 9.80. The van der Waals surface area contributed by atoms with Gasteiger partial charge in [0, 0.05) is 0 Å². The van der Waals surface area contributed by atoms with Crippen molar-refractivity contribution in [1.29, 1.82) is 5.26 Å². The molecular weight excluding hydrogens is 442 g/mol. The van der Waals surface area contributed by atoms with E-state index in [9.17, 15) is 14.9 Å². The van der Waals surface area contributed by atoms with Gasteiger partial charge in [-0.2, -0.15) is 5.26 Å². The summed E-state index contributed by atoms with van der Waals surface area (Å²) in [4.78, 5) is 20.2. The van der Waals surface area contributed by atoms with Gasteiger partial charge in [-0.15, -0.1) is 0 Å². The molecule has 0 fully saturated rings. The molecule has 34 heavy (non-hydrogen) atoms. The average molecular weight is 472 g/mol. The molecule has 182 valence electrons. The van der Waals surface area contributed by atoms with Gasteiger partial charge >= 0.3 is 0 Å². The third-order valence-electron chi connectivity index (χ3n) is 4.45. The fourth-order valence-electron chi connectivity index (χ4n) is 2.74. The van der Waals surface area contributed by atoms with Gasteiger partial charge in [0.05, 0.1) is 58.2 Å². The summed E-state index contributed by atoms with van der Waals surface area (Å²) in [5.41, 5.74) is 22.7. The van der Waals surface area contributed by atoms with Gasteiger partial charge in [0.1, 0.15) is 5.75 Å². The highest BCUT2D eigenvalue weighted by molar-refractivity contribution is 5.91. The minimum Gasteiger partial charge on any atom is -0.495 e. The number of nitrogens with zero attached hydrogens (tertiary/aromatic N) is 1. The Morgan fingerprint density at radius 1 is 0.971 bits per heavy atom. The van der Waals surface area contributed by atoms with Gasteiger partial charge in [-0.1, -0.05) is 6.07 Å². The third-order valence-corrected chi connectivity index (χ3v) is 4.45. The molecule has 0 saturated carbocycles. The molecule has 0 aliphatic heterocycles. The Hall–Kier alpha value is -4.43. The minimum atomic E-state index is -0.942. The van der Waals surface area contributed by atoms with Crippen LogP contribution in [0.1, 0.15) is 17.5 Å². The predicted octanol–water partition coefficient (Wildman–Crippen LogP) is 1.04. The molecule has 11 nitrogen and oxygen atoms in total. The molecule has 0 saturated heterocycles. The number of rotatable bonds is 9. The minimum absolute atomic E-state index is 0.185. The summed E-state index contributed by atoms with van der Waals surface area (Å²) in [6, 6.07) is 10.0. The highest BCUT2D eigenvalue weighted by atomic mass is 16.5. The van der Waals surface area contributed by atoms with E-state index in [-0.39, 0.29) is 6.42 Å². The van der Waals surface area contributed by atoms with Gasteiger partial charge in [0.25, 0.3) is 0 Å². The van der Waals surface area contributed by atoms with E-state index < -0.39 is 17.9 Å². The maximum atomic E-state index is 10.1. The monoisotopic (exact) mass is 471 g/mol. The fraction of sp³-hybridized carbons (Fsp3) is 0.261. The molecule has 2 rings (SSSR count). The van der Waals surface area contributed by atoms with Crippen LogP contribution in [-0.2, 0) is 9.59 Å². The average Bonchev–Trinajstić information content (AvgIpc) is 2.81. The second-order valence-corrected chi connectivity index (χ2v) is 6.76. The summed E-state index contributed by atoms with van der Waals surface area (Å²) >= 11 is 0.